The van der Waals surface area contributed by atoms with Crippen LogP contribution in [0.1, 0.15) is 50.1 Å². The van der Waals surface area contributed by atoms with Gasteiger partial charge in [0.15, 0.2) is 0 Å². The third-order valence-electron chi connectivity index (χ3n) is 7.03. The molecule has 2 saturated heterocycles. The topological polar surface area (TPSA) is 101 Å². The molecule has 2 aromatic heterocycles. The number of halogens is 1. The minimum absolute atomic E-state index is 0.163. The van der Waals surface area contributed by atoms with Crippen LogP contribution in [-0.4, -0.2) is 79.6 Å². The van der Waals surface area contributed by atoms with Crippen LogP contribution < -0.4 is 0 Å². The van der Waals surface area contributed by atoms with Crippen molar-refractivity contribution >= 4 is 16.8 Å². The van der Waals surface area contributed by atoms with Gasteiger partial charge in [0, 0.05) is 30.4 Å². The van der Waals surface area contributed by atoms with Gasteiger partial charge in [-0.1, -0.05) is 19.1 Å². The summed E-state index contributed by atoms with van der Waals surface area (Å²) in [4.78, 5) is 20.5. The molecule has 1 aromatic carbocycles. The van der Waals surface area contributed by atoms with Crippen molar-refractivity contribution in [1.29, 1.82) is 0 Å². The summed E-state index contributed by atoms with van der Waals surface area (Å²) >= 11 is 0. The molecule has 0 atom stereocenters. The molecular weight excluding hydrogens is 427 g/mol. The second kappa shape index (κ2) is 9.18. The molecule has 1 N–H and O–H groups in total. The van der Waals surface area contributed by atoms with Crippen LogP contribution >= 0.6 is 0 Å². The lowest BCUT2D eigenvalue weighted by Crippen LogP contribution is -2.49. The molecule has 5 rings (SSSR count). The predicted octanol–water partition coefficient (Wildman–Crippen LogP) is 2.27. The maximum Gasteiger partial charge on any atom is 0.291 e. The van der Waals surface area contributed by atoms with Crippen molar-refractivity contribution in [2.45, 2.75) is 51.0 Å². The molecule has 2 aliphatic rings. The number of hydrogen-bond acceptors (Lipinski definition) is 7. The van der Waals surface area contributed by atoms with Crippen molar-refractivity contribution < 1.29 is 18.8 Å². The number of amides is 1. The molecule has 0 radical (unpaired) electrons. The van der Waals surface area contributed by atoms with Crippen LogP contribution in [-0.2, 0) is 11.2 Å². The van der Waals surface area contributed by atoms with E-state index in [1.807, 2.05) is 13.0 Å². The molecule has 2 aliphatic heterocycles. The van der Waals surface area contributed by atoms with Crippen LogP contribution in [0, 0.1) is 5.82 Å². The fraction of sp³-hybridized carbons (Fsp3) is 0.565. The minimum atomic E-state index is -0.414. The van der Waals surface area contributed by atoms with E-state index in [0.29, 0.717) is 37.0 Å². The third-order valence-corrected chi connectivity index (χ3v) is 7.03. The zero-order valence-electron chi connectivity index (χ0n) is 18.8. The smallest absolute Gasteiger partial charge is 0.291 e. The Balaban J connectivity index is 1.25. The number of hydrogen-bond donors (Lipinski definition) is 1. The van der Waals surface area contributed by atoms with Gasteiger partial charge < -0.3 is 19.4 Å². The maximum atomic E-state index is 14.6. The number of aryl methyl sites for hydroxylation is 1. The molecule has 9 nitrogen and oxygen atoms in total. The van der Waals surface area contributed by atoms with Crippen molar-refractivity contribution in [2.24, 2.45) is 0 Å². The van der Waals surface area contributed by atoms with Crippen LogP contribution in [0.3, 0.4) is 0 Å². The van der Waals surface area contributed by atoms with Gasteiger partial charge in [-0.05, 0) is 56.4 Å². The summed E-state index contributed by atoms with van der Waals surface area (Å²) in [5.74, 6) is 0.464. The van der Waals surface area contributed by atoms with E-state index in [9.17, 15) is 9.18 Å². The van der Waals surface area contributed by atoms with E-state index in [1.165, 1.54) is 10.7 Å². The van der Waals surface area contributed by atoms with E-state index in [0.717, 1.165) is 49.9 Å². The number of nitrogens with zero attached hydrogens (tertiary/aromatic N) is 6. The first kappa shape index (κ1) is 22.0. The van der Waals surface area contributed by atoms with Crippen LogP contribution in [0.5, 0.6) is 0 Å². The number of aliphatic hydroxyl groups is 1. The van der Waals surface area contributed by atoms with Gasteiger partial charge in [-0.25, -0.2) is 4.39 Å². The molecule has 4 heterocycles. The van der Waals surface area contributed by atoms with Crippen LogP contribution in [0.4, 0.5) is 4.39 Å². The molecule has 1 amide bonds. The number of carbonyl (C=O) groups excluding carboxylic acids is 1. The first-order valence-electron chi connectivity index (χ1n) is 11.7. The minimum Gasteiger partial charge on any atom is -0.387 e. The van der Waals surface area contributed by atoms with Gasteiger partial charge in [0.2, 0.25) is 11.8 Å². The monoisotopic (exact) mass is 456 g/mol. The number of rotatable bonds is 5. The highest BCUT2D eigenvalue weighted by Crippen LogP contribution is 2.31. The molecule has 0 saturated carbocycles. The van der Waals surface area contributed by atoms with Crippen molar-refractivity contribution in [2.75, 3.05) is 32.8 Å². The van der Waals surface area contributed by atoms with Gasteiger partial charge in [0.25, 0.3) is 5.95 Å². The Kier molecular flexibility index (Phi) is 6.11. The lowest BCUT2D eigenvalue weighted by atomic mass is 9.93. The SMILES string of the molecule is CCc1nn(-c2noc(C3CCN(C4CCN(C(=O)CO)CC4)CC3)n2)c2c(F)cccc12. The molecule has 0 aliphatic carbocycles. The fourth-order valence-electron chi connectivity index (χ4n) is 5.16. The van der Waals surface area contributed by atoms with E-state index in [4.69, 9.17) is 9.63 Å². The number of carbonyl (C=O) groups is 1. The standard InChI is InChI=1S/C23H29FN6O3/c1-2-19-17-4-3-5-18(24)21(17)30(26-19)23-25-22(33-27-23)15-6-10-28(11-7-15)16-8-12-29(13-9-16)20(32)14-31/h3-5,15-16,31H,2,6-14H2,1H3. The number of piperidine rings is 2. The number of aliphatic hydroxyl groups excluding tert-OH is 1. The second-order valence-corrected chi connectivity index (χ2v) is 8.86. The van der Waals surface area contributed by atoms with E-state index >= 15 is 0 Å². The quantitative estimate of drug-likeness (QED) is 0.629. The normalized spacial score (nSPS) is 18.9. The number of para-hydroxylation sites is 1. The summed E-state index contributed by atoms with van der Waals surface area (Å²) in [5.41, 5.74) is 1.18. The molecule has 0 bridgehead atoms. The van der Waals surface area contributed by atoms with Crippen molar-refractivity contribution in [3.63, 3.8) is 0 Å². The zero-order chi connectivity index (χ0) is 22.9. The Labute approximate surface area is 191 Å². The van der Waals surface area contributed by atoms with E-state index in [1.54, 1.807) is 11.0 Å². The Morgan fingerprint density at radius 3 is 2.64 bits per heavy atom. The Hall–Kier alpha value is -2.85. The summed E-state index contributed by atoms with van der Waals surface area (Å²) in [6.45, 7) is 4.83. The average molecular weight is 457 g/mol. The van der Waals surface area contributed by atoms with Crippen LogP contribution in [0.2, 0.25) is 0 Å². The summed E-state index contributed by atoms with van der Waals surface area (Å²) in [5, 5.41) is 18.5. The van der Waals surface area contributed by atoms with Gasteiger partial charge in [-0.15, -0.1) is 0 Å². The Morgan fingerprint density at radius 1 is 1.18 bits per heavy atom. The highest BCUT2D eigenvalue weighted by atomic mass is 19.1. The molecule has 3 aromatic rings. The molecule has 0 unspecified atom stereocenters. The maximum absolute atomic E-state index is 14.6. The number of aromatic nitrogens is 4. The lowest BCUT2D eigenvalue weighted by Gasteiger charge is -2.41. The highest BCUT2D eigenvalue weighted by molar-refractivity contribution is 5.83. The van der Waals surface area contributed by atoms with Gasteiger partial charge in [-0.3, -0.25) is 4.79 Å². The molecule has 0 spiro atoms. The largest absolute Gasteiger partial charge is 0.387 e. The fourth-order valence-corrected chi connectivity index (χ4v) is 5.16. The van der Waals surface area contributed by atoms with Gasteiger partial charge in [0.1, 0.15) is 17.9 Å². The number of likely N-dealkylation sites (tertiary alicyclic amines) is 2. The molecule has 2 fully saturated rings. The highest BCUT2D eigenvalue weighted by Gasteiger charge is 2.32. The Morgan fingerprint density at radius 2 is 1.94 bits per heavy atom. The average Bonchev–Trinajstić information content (AvgIpc) is 3.49. The van der Waals surface area contributed by atoms with E-state index in [-0.39, 0.29) is 23.6 Å². The first-order valence-corrected chi connectivity index (χ1v) is 11.7. The lowest BCUT2D eigenvalue weighted by molar-refractivity contribution is -0.135. The summed E-state index contributed by atoms with van der Waals surface area (Å²) in [7, 11) is 0. The first-order chi connectivity index (χ1) is 16.1. The van der Waals surface area contributed by atoms with Crippen molar-refractivity contribution in [3.05, 3.63) is 35.6 Å². The van der Waals surface area contributed by atoms with Crippen molar-refractivity contribution in [1.82, 2.24) is 29.7 Å². The molecular formula is C23H29FN6O3. The summed E-state index contributed by atoms with van der Waals surface area (Å²) in [6.07, 6.45) is 4.36. The number of fused-ring (bicyclic) bond motifs is 1. The Bertz CT molecular complexity index is 1130. The molecule has 176 valence electrons. The predicted molar refractivity (Wildman–Crippen MR) is 118 cm³/mol. The van der Waals surface area contributed by atoms with Crippen LogP contribution in [0.25, 0.3) is 16.9 Å². The summed E-state index contributed by atoms with van der Waals surface area (Å²) < 4.78 is 21.6. The molecule has 10 heteroatoms. The zero-order valence-corrected chi connectivity index (χ0v) is 18.8. The van der Waals surface area contributed by atoms with Gasteiger partial charge in [-0.2, -0.15) is 14.8 Å². The van der Waals surface area contributed by atoms with E-state index in [2.05, 4.69) is 20.1 Å². The van der Waals surface area contributed by atoms with E-state index < -0.39 is 6.61 Å². The second-order valence-electron chi connectivity index (χ2n) is 8.86. The number of benzene rings is 1. The van der Waals surface area contributed by atoms with Gasteiger partial charge in [0.05, 0.1) is 5.69 Å². The third kappa shape index (κ3) is 4.13. The van der Waals surface area contributed by atoms with Crippen molar-refractivity contribution in [3.8, 4) is 5.95 Å². The van der Waals surface area contributed by atoms with Crippen LogP contribution in [0.15, 0.2) is 22.7 Å². The molecule has 33 heavy (non-hydrogen) atoms. The van der Waals surface area contributed by atoms with Gasteiger partial charge >= 0.3 is 0 Å². The summed E-state index contributed by atoms with van der Waals surface area (Å²) in [6, 6.07) is 5.42.